The lowest BCUT2D eigenvalue weighted by Gasteiger charge is -2.17. The largest absolute Gasteiger partial charge is 0.508 e. The number of aromatic hydroxyl groups is 1. The van der Waals surface area contributed by atoms with Crippen LogP contribution in [0.15, 0.2) is 30.3 Å². The van der Waals surface area contributed by atoms with E-state index in [1.165, 1.54) is 0 Å². The van der Waals surface area contributed by atoms with Gasteiger partial charge < -0.3 is 25.1 Å². The molecule has 23 heavy (non-hydrogen) atoms. The van der Waals surface area contributed by atoms with Gasteiger partial charge in [-0.3, -0.25) is 0 Å². The number of rotatable bonds is 7. The monoisotopic (exact) mass is 317 g/mol. The fourth-order valence-corrected chi connectivity index (χ4v) is 2.64. The molecule has 2 aromatic carbocycles. The molecular formula is C18H23NO4. The molecule has 2 aromatic rings. The Balaban J connectivity index is 2.52. The Morgan fingerprint density at radius 3 is 2.35 bits per heavy atom. The van der Waals surface area contributed by atoms with Gasteiger partial charge in [-0.1, -0.05) is 6.07 Å². The van der Waals surface area contributed by atoms with E-state index >= 15 is 0 Å². The third-order valence-corrected chi connectivity index (χ3v) is 3.81. The fourth-order valence-electron chi connectivity index (χ4n) is 2.64. The minimum atomic E-state index is 0.217. The number of hydrogen-bond acceptors (Lipinski definition) is 5. The quantitative estimate of drug-likeness (QED) is 0.821. The lowest BCUT2D eigenvalue weighted by molar-refractivity contribution is 0.351. The van der Waals surface area contributed by atoms with Crippen LogP contribution in [0, 0.1) is 0 Å². The van der Waals surface area contributed by atoms with Crippen molar-refractivity contribution in [1.82, 2.24) is 0 Å². The molecule has 0 aliphatic heterocycles. The maximum atomic E-state index is 10.2. The van der Waals surface area contributed by atoms with Crippen LogP contribution in [0.5, 0.6) is 23.0 Å². The average molecular weight is 317 g/mol. The maximum Gasteiger partial charge on any atom is 0.164 e. The number of benzene rings is 2. The van der Waals surface area contributed by atoms with E-state index in [2.05, 4.69) is 0 Å². The highest BCUT2D eigenvalue weighted by molar-refractivity contribution is 5.54. The maximum absolute atomic E-state index is 10.2. The van der Waals surface area contributed by atoms with Gasteiger partial charge in [-0.15, -0.1) is 0 Å². The second-order valence-corrected chi connectivity index (χ2v) is 5.15. The molecular weight excluding hydrogens is 294 g/mol. The van der Waals surface area contributed by atoms with Gasteiger partial charge in [-0.25, -0.2) is 0 Å². The zero-order chi connectivity index (χ0) is 16.8. The van der Waals surface area contributed by atoms with E-state index in [0.29, 0.717) is 30.2 Å². The third kappa shape index (κ3) is 3.68. The molecule has 0 saturated heterocycles. The summed E-state index contributed by atoms with van der Waals surface area (Å²) in [5, 5.41) is 10.2. The van der Waals surface area contributed by atoms with Crippen LogP contribution in [-0.4, -0.2) is 33.0 Å². The van der Waals surface area contributed by atoms with E-state index in [9.17, 15) is 5.11 Å². The van der Waals surface area contributed by atoms with E-state index in [4.69, 9.17) is 19.9 Å². The van der Waals surface area contributed by atoms with Crippen LogP contribution >= 0.6 is 0 Å². The van der Waals surface area contributed by atoms with Gasteiger partial charge >= 0.3 is 0 Å². The summed E-state index contributed by atoms with van der Waals surface area (Å²) in [7, 11) is 4.81. The second-order valence-electron chi connectivity index (χ2n) is 5.15. The van der Waals surface area contributed by atoms with Crippen molar-refractivity contribution in [3.63, 3.8) is 0 Å². The lowest BCUT2D eigenvalue weighted by Crippen LogP contribution is -2.08. The SMILES string of the molecule is COc1ccc(O)c(Cc2c(CCN)ccc(OC)c2OC)c1. The molecule has 124 valence electrons. The molecule has 0 unspecified atom stereocenters. The van der Waals surface area contributed by atoms with Crippen molar-refractivity contribution in [3.8, 4) is 23.0 Å². The highest BCUT2D eigenvalue weighted by Gasteiger charge is 2.17. The summed E-state index contributed by atoms with van der Waals surface area (Å²) < 4.78 is 16.2. The number of phenolic OH excluding ortho intramolecular Hbond substituents is 1. The van der Waals surface area contributed by atoms with Gasteiger partial charge in [0.2, 0.25) is 0 Å². The van der Waals surface area contributed by atoms with Gasteiger partial charge in [0.1, 0.15) is 11.5 Å². The minimum Gasteiger partial charge on any atom is -0.508 e. The summed E-state index contributed by atoms with van der Waals surface area (Å²) >= 11 is 0. The summed E-state index contributed by atoms with van der Waals surface area (Å²) in [5.74, 6) is 2.24. The number of ether oxygens (including phenoxy) is 3. The van der Waals surface area contributed by atoms with Gasteiger partial charge in [0, 0.05) is 17.5 Å². The Labute approximate surface area is 136 Å². The molecule has 5 nitrogen and oxygen atoms in total. The first kappa shape index (κ1) is 17.0. The van der Waals surface area contributed by atoms with Crippen LogP contribution < -0.4 is 19.9 Å². The summed E-state index contributed by atoms with van der Waals surface area (Å²) in [6.45, 7) is 0.534. The normalized spacial score (nSPS) is 10.4. The molecule has 3 N–H and O–H groups in total. The number of methoxy groups -OCH3 is 3. The van der Waals surface area contributed by atoms with Gasteiger partial charge in [0.05, 0.1) is 21.3 Å². The van der Waals surface area contributed by atoms with Crippen molar-refractivity contribution >= 4 is 0 Å². The van der Waals surface area contributed by atoms with Gasteiger partial charge in [0.25, 0.3) is 0 Å². The molecule has 0 atom stereocenters. The summed E-state index contributed by atoms with van der Waals surface area (Å²) in [6, 6.07) is 9.03. The van der Waals surface area contributed by atoms with Crippen LogP contribution in [0.2, 0.25) is 0 Å². The van der Waals surface area contributed by atoms with Crippen molar-refractivity contribution < 1.29 is 19.3 Å². The molecule has 0 aliphatic carbocycles. The van der Waals surface area contributed by atoms with Crippen LogP contribution in [0.25, 0.3) is 0 Å². The summed E-state index contributed by atoms with van der Waals surface area (Å²) in [6.07, 6.45) is 1.22. The molecule has 5 heteroatoms. The molecule has 2 rings (SSSR count). The summed E-state index contributed by atoms with van der Waals surface area (Å²) in [5.41, 5.74) is 8.51. The molecule has 0 heterocycles. The first-order valence-electron chi connectivity index (χ1n) is 7.43. The molecule has 0 aromatic heterocycles. The predicted molar refractivity (Wildman–Crippen MR) is 89.8 cm³/mol. The second kappa shape index (κ2) is 7.74. The smallest absolute Gasteiger partial charge is 0.164 e. The van der Waals surface area contributed by atoms with Crippen LogP contribution in [0.1, 0.15) is 16.7 Å². The van der Waals surface area contributed by atoms with Crippen molar-refractivity contribution in [1.29, 1.82) is 0 Å². The molecule has 0 saturated carbocycles. The Morgan fingerprint density at radius 2 is 1.74 bits per heavy atom. The molecule has 0 spiro atoms. The molecule has 0 fully saturated rings. The van der Waals surface area contributed by atoms with Crippen molar-refractivity contribution in [2.45, 2.75) is 12.8 Å². The Bertz CT molecular complexity index is 670. The van der Waals surface area contributed by atoms with Crippen LogP contribution in [0.4, 0.5) is 0 Å². The van der Waals surface area contributed by atoms with Crippen molar-refractivity contribution in [2.24, 2.45) is 5.73 Å². The van der Waals surface area contributed by atoms with Gasteiger partial charge in [-0.2, -0.15) is 0 Å². The molecule has 0 radical (unpaired) electrons. The van der Waals surface area contributed by atoms with Gasteiger partial charge in [0.15, 0.2) is 11.5 Å². The van der Waals surface area contributed by atoms with E-state index in [1.807, 2.05) is 18.2 Å². The standard InChI is InChI=1S/C18H23NO4/c1-21-14-5-6-16(20)13(10-14)11-15-12(8-9-19)4-7-17(22-2)18(15)23-3/h4-7,10,20H,8-9,11,19H2,1-3H3. The Hall–Kier alpha value is -2.40. The first-order valence-corrected chi connectivity index (χ1v) is 7.43. The third-order valence-electron chi connectivity index (χ3n) is 3.81. The van der Waals surface area contributed by atoms with Crippen molar-refractivity contribution in [2.75, 3.05) is 27.9 Å². The lowest BCUT2D eigenvalue weighted by atomic mass is 9.95. The zero-order valence-electron chi connectivity index (χ0n) is 13.8. The first-order chi connectivity index (χ1) is 11.1. The van der Waals surface area contributed by atoms with Crippen molar-refractivity contribution in [3.05, 3.63) is 47.0 Å². The molecule has 0 amide bonds. The Morgan fingerprint density at radius 1 is 0.957 bits per heavy atom. The number of phenols is 1. The topological polar surface area (TPSA) is 73.9 Å². The van der Waals surface area contributed by atoms with Gasteiger partial charge in [-0.05, 0) is 42.8 Å². The predicted octanol–water partition coefficient (Wildman–Crippen LogP) is 2.51. The summed E-state index contributed by atoms with van der Waals surface area (Å²) in [4.78, 5) is 0. The van der Waals surface area contributed by atoms with E-state index in [0.717, 1.165) is 23.1 Å². The number of nitrogens with two attached hydrogens (primary N) is 1. The fraction of sp³-hybridized carbons (Fsp3) is 0.333. The average Bonchev–Trinajstić information content (AvgIpc) is 2.57. The van der Waals surface area contributed by atoms with E-state index < -0.39 is 0 Å². The highest BCUT2D eigenvalue weighted by atomic mass is 16.5. The zero-order valence-corrected chi connectivity index (χ0v) is 13.8. The van der Waals surface area contributed by atoms with E-state index in [1.54, 1.807) is 33.5 Å². The van der Waals surface area contributed by atoms with Crippen LogP contribution in [0.3, 0.4) is 0 Å². The number of hydrogen-bond donors (Lipinski definition) is 2. The Kier molecular flexibility index (Phi) is 5.71. The molecule has 0 bridgehead atoms. The van der Waals surface area contributed by atoms with Crippen LogP contribution in [-0.2, 0) is 12.8 Å². The highest BCUT2D eigenvalue weighted by Crippen LogP contribution is 2.37. The van der Waals surface area contributed by atoms with E-state index in [-0.39, 0.29) is 5.75 Å². The minimum absolute atomic E-state index is 0.217. The molecule has 0 aliphatic rings.